The Bertz CT molecular complexity index is 2050. The van der Waals surface area contributed by atoms with E-state index in [9.17, 15) is 44.1 Å². The summed E-state index contributed by atoms with van der Waals surface area (Å²) in [7, 11) is 1.41. The van der Waals surface area contributed by atoms with Crippen LogP contribution >= 0.6 is 0 Å². The molecule has 5 aliphatic rings. The van der Waals surface area contributed by atoms with Crippen LogP contribution in [0.3, 0.4) is 0 Å². The van der Waals surface area contributed by atoms with Crippen LogP contribution in [0, 0.1) is 36.5 Å². The highest BCUT2D eigenvalue weighted by molar-refractivity contribution is 6.32. The van der Waals surface area contributed by atoms with Gasteiger partial charge < -0.3 is 50.2 Å². The van der Waals surface area contributed by atoms with E-state index in [0.717, 1.165) is 6.26 Å². The molecule has 4 aliphatic heterocycles. The number of aromatic hydroxyl groups is 1. The number of amides is 2. The number of carbonyl (C=O) groups excluding carboxylic acids is 6. The number of esters is 1. The largest absolute Gasteiger partial charge is 0.507 e. The Labute approximate surface area is 343 Å². The molecule has 59 heavy (non-hydrogen) atoms. The number of carbonyl (C=O) groups is 6. The minimum Gasteiger partial charge on any atom is -0.507 e. The van der Waals surface area contributed by atoms with Gasteiger partial charge in [-0.2, -0.15) is 0 Å². The highest BCUT2D eigenvalue weighted by atomic mass is 16.7. The number of nitrogens with one attached hydrogen (secondary N) is 1. The number of likely N-dealkylation sites (tertiary alicyclic amines) is 1. The van der Waals surface area contributed by atoms with Gasteiger partial charge in [0.15, 0.2) is 0 Å². The fourth-order valence-corrected chi connectivity index (χ4v) is 8.39. The highest BCUT2D eigenvalue weighted by Crippen LogP contribution is 2.49. The highest BCUT2D eigenvalue weighted by Gasteiger charge is 2.53. The summed E-state index contributed by atoms with van der Waals surface area (Å²) in [5.41, 5.74) is 3.69. The predicted octanol–water partition coefficient (Wildman–Crippen LogP) is 3.16. The van der Waals surface area contributed by atoms with Crippen LogP contribution in [-0.4, -0.2) is 106 Å². The van der Waals surface area contributed by atoms with Gasteiger partial charge in [0.2, 0.25) is 17.5 Å². The van der Waals surface area contributed by atoms with E-state index < -0.39 is 117 Å². The van der Waals surface area contributed by atoms with Gasteiger partial charge in [0.1, 0.15) is 29.0 Å². The summed E-state index contributed by atoms with van der Waals surface area (Å²) in [5.74, 6) is -10.9. The molecule has 0 spiro atoms. The molecule has 0 aromatic heterocycles. The molecule has 4 heterocycles. The first kappa shape index (κ1) is 44.8. The number of hydrogen-bond donors (Lipinski definition) is 5. The van der Waals surface area contributed by atoms with Gasteiger partial charge in [0.25, 0.3) is 11.7 Å². The standard InChI is InChI=1S/C43H55N3O13/c1-19-12-10-13-20(2)42(55)45-31-32(46-16-11-14-26(18-46)41(44)54)37(52)28-29(36(31)51)35(50)24(6)39-30(28)40(53)43(8,59-39)57-17-15-27(56-9)21(3)38(58-25(7)47)23(5)34(49)22(4)33(19)48/h10,12-13,15,17,19,21-23,26-27,33-34,38,48-50H,11,14,16,18H2,1-9H3,(H2,44,54)(H,45,55)/b12-10+,17-15+,20-13-/t19-,21+,22+,23-,26?,27-,33-,34-,38+,43-/m0/s1. The number of ether oxygens (including phenoxy) is 4. The van der Waals surface area contributed by atoms with Crippen LogP contribution < -0.4 is 15.8 Å². The van der Waals surface area contributed by atoms with Crippen molar-refractivity contribution in [2.24, 2.45) is 35.3 Å². The molecule has 1 saturated heterocycles. The normalized spacial score (nSPS) is 34.0. The minimum absolute atomic E-state index is 0.0390. The number of phenolic OH excluding ortho intramolecular Hbond substituents is 1. The topological polar surface area (TPSA) is 241 Å². The number of methoxy groups -OCH3 is 1. The molecule has 6 N–H and O–H groups in total. The average Bonchev–Trinajstić information content (AvgIpc) is 3.46. The van der Waals surface area contributed by atoms with Crippen LogP contribution in [0.25, 0.3) is 0 Å². The van der Waals surface area contributed by atoms with E-state index in [1.807, 2.05) is 0 Å². The molecule has 320 valence electrons. The number of Topliss-reactive ketones (excluding diaryl/α,β-unsaturated/α-hetero) is 3. The number of aliphatic hydroxyl groups is 2. The number of rotatable bonds is 4. The van der Waals surface area contributed by atoms with Gasteiger partial charge in [-0.25, -0.2) is 0 Å². The lowest BCUT2D eigenvalue weighted by molar-refractivity contribution is -0.160. The van der Waals surface area contributed by atoms with Crippen molar-refractivity contribution in [1.29, 1.82) is 0 Å². The van der Waals surface area contributed by atoms with E-state index in [1.54, 1.807) is 33.8 Å². The molecule has 1 unspecified atom stereocenters. The number of fused-ring (bicyclic) bond motifs is 14. The van der Waals surface area contributed by atoms with E-state index in [-0.39, 0.29) is 41.2 Å². The molecule has 1 aromatic rings. The second-order valence-corrected chi connectivity index (χ2v) is 16.2. The number of nitrogens with two attached hydrogens (primary N) is 1. The molecule has 1 fully saturated rings. The summed E-state index contributed by atoms with van der Waals surface area (Å²) in [6.45, 7) is 12.4. The molecular formula is C43H55N3O13. The van der Waals surface area contributed by atoms with Crippen LogP contribution in [0.2, 0.25) is 0 Å². The monoisotopic (exact) mass is 821 g/mol. The molecule has 10 atom stereocenters. The molecule has 5 bridgehead atoms. The fourth-order valence-electron chi connectivity index (χ4n) is 8.39. The van der Waals surface area contributed by atoms with Crippen molar-refractivity contribution in [1.82, 2.24) is 10.2 Å². The van der Waals surface area contributed by atoms with E-state index in [0.29, 0.717) is 12.8 Å². The first-order valence-electron chi connectivity index (χ1n) is 19.7. The van der Waals surface area contributed by atoms with Crippen molar-refractivity contribution < 1.29 is 63.0 Å². The predicted molar refractivity (Wildman–Crippen MR) is 212 cm³/mol. The molecule has 0 saturated carbocycles. The third-order valence-electron chi connectivity index (χ3n) is 12.1. The Balaban J connectivity index is 1.69. The maximum Gasteiger partial charge on any atom is 0.312 e. The SMILES string of the molecule is CO[C@H]1/C=C/O[C@@]2(C)Oc3c(C)c(O)c4c(c3C2=O)C(=O)C(N2CCCC(C(N)=O)C2)=C(NC(=O)/C(C)=C\C=C\[C@H](C)[C@H](O)[C@@H](C)[C@H](O)[C@H](C)[C@H](OC(C)=O)[C@@H]1C)C4=O. The molecule has 1 aliphatic carbocycles. The number of aliphatic hydroxyl groups excluding tert-OH is 2. The Morgan fingerprint density at radius 1 is 0.966 bits per heavy atom. The van der Waals surface area contributed by atoms with E-state index >= 15 is 0 Å². The van der Waals surface area contributed by atoms with E-state index in [4.69, 9.17) is 24.7 Å². The Hall–Kier alpha value is -5.32. The van der Waals surface area contributed by atoms with Crippen molar-refractivity contribution in [2.75, 3.05) is 20.2 Å². The van der Waals surface area contributed by atoms with Crippen LogP contribution in [0.4, 0.5) is 0 Å². The van der Waals surface area contributed by atoms with Gasteiger partial charge in [0.05, 0.1) is 47.2 Å². The number of primary amides is 1. The van der Waals surface area contributed by atoms with Crippen LogP contribution in [0.15, 0.2) is 47.5 Å². The third kappa shape index (κ3) is 8.43. The molecule has 16 heteroatoms. The number of nitrogens with zero attached hydrogens (tertiary/aromatic N) is 1. The maximum absolute atomic E-state index is 14.8. The number of phenols is 1. The smallest absolute Gasteiger partial charge is 0.312 e. The summed E-state index contributed by atoms with van der Waals surface area (Å²) in [4.78, 5) is 83.7. The van der Waals surface area contributed by atoms with Gasteiger partial charge in [-0.15, -0.1) is 0 Å². The van der Waals surface area contributed by atoms with Gasteiger partial charge in [-0.3, -0.25) is 28.8 Å². The van der Waals surface area contributed by atoms with Crippen molar-refractivity contribution >= 4 is 35.1 Å². The zero-order chi connectivity index (χ0) is 43.8. The van der Waals surface area contributed by atoms with Crippen LogP contribution in [0.5, 0.6) is 11.5 Å². The molecule has 16 nitrogen and oxygen atoms in total. The zero-order valence-corrected chi connectivity index (χ0v) is 34.9. The first-order chi connectivity index (χ1) is 27.7. The van der Waals surface area contributed by atoms with Crippen LogP contribution in [0.1, 0.15) is 97.9 Å². The van der Waals surface area contributed by atoms with Gasteiger partial charge in [-0.1, -0.05) is 45.9 Å². The first-order valence-corrected chi connectivity index (χ1v) is 19.7. The molecule has 2 amide bonds. The van der Waals surface area contributed by atoms with E-state index in [2.05, 4.69) is 5.32 Å². The number of allylic oxidation sites excluding steroid dienone is 4. The Morgan fingerprint density at radius 3 is 2.27 bits per heavy atom. The van der Waals surface area contributed by atoms with Crippen molar-refractivity contribution in [3.05, 3.63) is 69.8 Å². The van der Waals surface area contributed by atoms with Gasteiger partial charge in [-0.05, 0) is 32.8 Å². The van der Waals surface area contributed by atoms with Gasteiger partial charge in [0, 0.05) is 68.9 Å². The maximum atomic E-state index is 14.8. The van der Waals surface area contributed by atoms with Gasteiger partial charge >= 0.3 is 11.8 Å². The van der Waals surface area contributed by atoms with Crippen molar-refractivity contribution in [3.8, 4) is 11.5 Å². The van der Waals surface area contributed by atoms with Crippen molar-refractivity contribution in [2.45, 2.75) is 98.4 Å². The molecule has 6 rings (SSSR count). The summed E-state index contributed by atoms with van der Waals surface area (Å²) in [6.07, 6.45) is 4.05. The zero-order valence-electron chi connectivity index (χ0n) is 34.9. The number of hydrogen-bond acceptors (Lipinski definition) is 14. The lowest BCUT2D eigenvalue weighted by Crippen LogP contribution is -2.46. The quantitative estimate of drug-likeness (QED) is 0.274. The second kappa shape index (κ2) is 17.5. The lowest BCUT2D eigenvalue weighted by Gasteiger charge is -2.38. The van der Waals surface area contributed by atoms with Crippen LogP contribution in [-0.2, 0) is 28.6 Å². The average molecular weight is 822 g/mol. The lowest BCUT2D eigenvalue weighted by atomic mass is 9.78. The molecule has 0 radical (unpaired) electrons. The van der Waals surface area contributed by atoms with E-state index in [1.165, 1.54) is 57.9 Å². The number of ketones is 3. The summed E-state index contributed by atoms with van der Waals surface area (Å²) < 4.78 is 23.5. The Morgan fingerprint density at radius 2 is 1.64 bits per heavy atom. The number of benzene rings is 1. The summed E-state index contributed by atoms with van der Waals surface area (Å²) >= 11 is 0. The van der Waals surface area contributed by atoms with Crippen molar-refractivity contribution in [3.63, 3.8) is 0 Å². The Kier molecular flexibility index (Phi) is 13.3. The summed E-state index contributed by atoms with van der Waals surface area (Å²) in [5, 5.41) is 37.0. The third-order valence-corrected chi connectivity index (χ3v) is 12.1. The molecular weight excluding hydrogens is 766 g/mol. The fraction of sp³-hybridized carbons (Fsp3) is 0.535. The summed E-state index contributed by atoms with van der Waals surface area (Å²) in [6, 6.07) is 0. The molecule has 1 aromatic carbocycles. The number of piperidine rings is 1. The minimum atomic E-state index is -2.12. The second-order valence-electron chi connectivity index (χ2n) is 16.2.